The molecule has 6 nitrogen and oxygen atoms in total. The highest BCUT2D eigenvalue weighted by Gasteiger charge is 2.30. The summed E-state index contributed by atoms with van der Waals surface area (Å²) in [5, 5.41) is 9.18. The predicted molar refractivity (Wildman–Crippen MR) is 107 cm³/mol. The van der Waals surface area contributed by atoms with Crippen molar-refractivity contribution in [2.75, 3.05) is 32.7 Å². The average molecular weight is 398 g/mol. The first-order chi connectivity index (χ1) is 13.5. The van der Waals surface area contributed by atoms with E-state index in [0.717, 1.165) is 6.42 Å². The summed E-state index contributed by atoms with van der Waals surface area (Å²) < 4.78 is 27.1. The van der Waals surface area contributed by atoms with Crippen molar-refractivity contribution >= 4 is 15.8 Å². The molecule has 7 heteroatoms. The number of rotatable bonds is 6. The van der Waals surface area contributed by atoms with E-state index < -0.39 is 10.0 Å². The molecule has 0 unspecified atom stereocenters. The first-order valence-corrected chi connectivity index (χ1v) is 10.7. The zero-order valence-corrected chi connectivity index (χ0v) is 16.7. The molecule has 1 fully saturated rings. The van der Waals surface area contributed by atoms with Crippen molar-refractivity contribution in [3.63, 3.8) is 0 Å². The van der Waals surface area contributed by atoms with Crippen LogP contribution in [-0.2, 0) is 16.4 Å². The summed E-state index contributed by atoms with van der Waals surface area (Å²) in [5.74, 6) is 0.0359. The topological polar surface area (TPSA) is 81.5 Å². The van der Waals surface area contributed by atoms with Crippen LogP contribution in [0.5, 0.6) is 0 Å². The minimum atomic E-state index is -3.72. The molecule has 1 aliphatic rings. The Morgan fingerprint density at radius 3 is 2.29 bits per heavy atom. The lowest BCUT2D eigenvalue weighted by atomic mass is 10.1. The van der Waals surface area contributed by atoms with Gasteiger partial charge in [0, 0.05) is 31.7 Å². The van der Waals surface area contributed by atoms with Gasteiger partial charge in [-0.15, -0.1) is 0 Å². The summed E-state index contributed by atoms with van der Waals surface area (Å²) in [6, 6.07) is 15.8. The molecule has 2 aromatic rings. The Hall–Kier alpha value is -2.53. The van der Waals surface area contributed by atoms with Crippen LogP contribution in [0.15, 0.2) is 53.4 Å². The monoisotopic (exact) mass is 397 g/mol. The number of ketones is 1. The van der Waals surface area contributed by atoms with E-state index in [1.807, 2.05) is 35.2 Å². The second kappa shape index (κ2) is 8.65. The highest BCUT2D eigenvalue weighted by Crippen LogP contribution is 2.21. The molecule has 0 amide bonds. The Morgan fingerprint density at radius 1 is 1.04 bits per heavy atom. The van der Waals surface area contributed by atoms with E-state index in [4.69, 9.17) is 0 Å². The number of hydrogen-bond acceptors (Lipinski definition) is 5. The van der Waals surface area contributed by atoms with E-state index in [9.17, 15) is 18.5 Å². The molecule has 0 radical (unpaired) electrons. The number of aryl methyl sites for hydroxylation is 1. The van der Waals surface area contributed by atoms with Gasteiger partial charge in [0.2, 0.25) is 10.0 Å². The second-order valence-corrected chi connectivity index (χ2v) is 8.67. The Balaban J connectivity index is 1.62. The van der Waals surface area contributed by atoms with Crippen LogP contribution in [0.2, 0.25) is 0 Å². The van der Waals surface area contributed by atoms with Crippen molar-refractivity contribution in [2.45, 2.75) is 18.2 Å². The molecule has 0 aromatic heterocycles. The maximum absolute atomic E-state index is 12.9. The number of sulfonamides is 1. The fraction of sp³-hybridized carbons (Fsp3) is 0.333. The third-order valence-corrected chi connectivity index (χ3v) is 6.96. The zero-order chi connectivity index (χ0) is 20.1. The minimum absolute atomic E-state index is 0.0359. The summed E-state index contributed by atoms with van der Waals surface area (Å²) >= 11 is 0. The number of carbonyl (C=O) groups excluding carboxylic acids is 1. The molecule has 2 aromatic carbocycles. The Bertz CT molecular complexity index is 986. The Morgan fingerprint density at radius 2 is 1.68 bits per heavy atom. The smallest absolute Gasteiger partial charge is 0.244 e. The second-order valence-electron chi connectivity index (χ2n) is 6.76. The molecule has 0 bridgehead atoms. The Kier molecular flexibility index (Phi) is 6.25. The van der Waals surface area contributed by atoms with Crippen LogP contribution in [0.3, 0.4) is 0 Å². The van der Waals surface area contributed by atoms with Crippen molar-refractivity contribution in [3.05, 3.63) is 65.2 Å². The van der Waals surface area contributed by atoms with E-state index >= 15 is 0 Å². The standard InChI is InChI=1S/C21H23N3O3S/c1-2-17-7-9-18(10-8-17)20(25)16-23-11-13-24(14-12-23)28(26,27)21-6-4-3-5-19(21)15-22/h3-10H,2,11-14,16H2,1H3. The van der Waals surface area contributed by atoms with Crippen LogP contribution >= 0.6 is 0 Å². The number of nitrogens with zero attached hydrogens (tertiary/aromatic N) is 3. The first kappa shape index (κ1) is 20.2. The fourth-order valence-electron chi connectivity index (χ4n) is 3.27. The fourth-order valence-corrected chi connectivity index (χ4v) is 4.84. The highest BCUT2D eigenvalue weighted by atomic mass is 32.2. The summed E-state index contributed by atoms with van der Waals surface area (Å²) in [6.45, 7) is 3.89. The van der Waals surface area contributed by atoms with E-state index in [1.54, 1.807) is 12.1 Å². The lowest BCUT2D eigenvalue weighted by molar-refractivity contribution is 0.0901. The molecular weight excluding hydrogens is 374 g/mol. The van der Waals surface area contributed by atoms with Crippen molar-refractivity contribution in [1.82, 2.24) is 9.21 Å². The molecule has 3 rings (SSSR count). The SMILES string of the molecule is CCc1ccc(C(=O)CN2CCN(S(=O)(=O)c3ccccc3C#N)CC2)cc1. The van der Waals surface area contributed by atoms with Gasteiger partial charge in [-0.2, -0.15) is 9.57 Å². The molecule has 0 aliphatic carbocycles. The summed E-state index contributed by atoms with van der Waals surface area (Å²) in [7, 11) is -3.72. The molecular formula is C21H23N3O3S. The quantitative estimate of drug-likeness (QED) is 0.699. The molecule has 28 heavy (non-hydrogen) atoms. The number of nitriles is 1. The number of hydrogen-bond donors (Lipinski definition) is 0. The zero-order valence-electron chi connectivity index (χ0n) is 15.8. The maximum atomic E-state index is 12.9. The van der Waals surface area contributed by atoms with Crippen LogP contribution in [0.25, 0.3) is 0 Å². The summed E-state index contributed by atoms with van der Waals surface area (Å²) in [5.41, 5.74) is 2.01. The third-order valence-electron chi connectivity index (χ3n) is 5.01. The van der Waals surface area contributed by atoms with Gasteiger partial charge in [0.25, 0.3) is 0 Å². The number of Topliss-reactive ketones (excluding diaryl/α,β-unsaturated/α-hetero) is 1. The number of benzene rings is 2. The van der Waals surface area contributed by atoms with E-state index in [1.165, 1.54) is 22.0 Å². The van der Waals surface area contributed by atoms with E-state index in [0.29, 0.717) is 31.7 Å². The molecule has 0 N–H and O–H groups in total. The van der Waals surface area contributed by atoms with Crippen LogP contribution < -0.4 is 0 Å². The average Bonchev–Trinajstić information content (AvgIpc) is 2.74. The van der Waals surface area contributed by atoms with Crippen LogP contribution in [0, 0.1) is 11.3 Å². The maximum Gasteiger partial charge on any atom is 0.244 e. The first-order valence-electron chi connectivity index (χ1n) is 9.29. The lowest BCUT2D eigenvalue weighted by Gasteiger charge is -2.33. The molecule has 1 aliphatic heterocycles. The summed E-state index contributed by atoms with van der Waals surface area (Å²) in [4.78, 5) is 14.5. The van der Waals surface area contributed by atoms with Crippen molar-refractivity contribution < 1.29 is 13.2 Å². The third kappa shape index (κ3) is 4.30. The number of piperazine rings is 1. The van der Waals surface area contributed by atoms with Crippen molar-refractivity contribution in [1.29, 1.82) is 5.26 Å². The molecule has 0 saturated carbocycles. The molecule has 1 heterocycles. The van der Waals surface area contributed by atoms with Gasteiger partial charge in [0.15, 0.2) is 5.78 Å². The van der Waals surface area contributed by atoms with Gasteiger partial charge >= 0.3 is 0 Å². The van der Waals surface area contributed by atoms with Gasteiger partial charge in [0.05, 0.1) is 17.0 Å². The normalized spacial score (nSPS) is 15.9. The summed E-state index contributed by atoms with van der Waals surface area (Å²) in [6.07, 6.45) is 0.930. The lowest BCUT2D eigenvalue weighted by Crippen LogP contribution is -2.49. The van der Waals surface area contributed by atoms with Crippen LogP contribution in [0.4, 0.5) is 0 Å². The van der Waals surface area contributed by atoms with Gasteiger partial charge in [-0.05, 0) is 24.1 Å². The van der Waals surface area contributed by atoms with E-state index in [-0.39, 0.29) is 22.8 Å². The highest BCUT2D eigenvalue weighted by molar-refractivity contribution is 7.89. The van der Waals surface area contributed by atoms with Crippen molar-refractivity contribution in [3.8, 4) is 6.07 Å². The number of carbonyl (C=O) groups is 1. The van der Waals surface area contributed by atoms with Gasteiger partial charge in [-0.3, -0.25) is 9.69 Å². The van der Waals surface area contributed by atoms with Crippen LogP contribution in [0.1, 0.15) is 28.4 Å². The van der Waals surface area contributed by atoms with Gasteiger partial charge in [-0.25, -0.2) is 8.42 Å². The minimum Gasteiger partial charge on any atom is -0.293 e. The van der Waals surface area contributed by atoms with E-state index in [2.05, 4.69) is 6.92 Å². The molecule has 0 atom stereocenters. The largest absolute Gasteiger partial charge is 0.293 e. The molecule has 1 saturated heterocycles. The van der Waals surface area contributed by atoms with Crippen LogP contribution in [-0.4, -0.2) is 56.1 Å². The molecule has 0 spiro atoms. The van der Waals surface area contributed by atoms with Crippen molar-refractivity contribution in [2.24, 2.45) is 0 Å². The van der Waals surface area contributed by atoms with Gasteiger partial charge < -0.3 is 0 Å². The predicted octanol–water partition coefficient (Wildman–Crippen LogP) is 2.31. The van der Waals surface area contributed by atoms with Gasteiger partial charge in [-0.1, -0.05) is 43.3 Å². The van der Waals surface area contributed by atoms with Gasteiger partial charge in [0.1, 0.15) is 6.07 Å². The Labute approximate surface area is 166 Å². The molecule has 146 valence electrons.